The lowest BCUT2D eigenvalue weighted by Gasteiger charge is -2.17. The lowest BCUT2D eigenvalue weighted by molar-refractivity contribution is 0.161. The molecule has 1 atom stereocenters. The van der Waals surface area contributed by atoms with E-state index in [1.807, 2.05) is 6.20 Å². The first kappa shape index (κ1) is 11.9. The number of hydrogen-bond acceptors (Lipinski definition) is 3. The fraction of sp³-hybridized carbons (Fsp3) is 0.583. The molecule has 1 aliphatic heterocycles. The van der Waals surface area contributed by atoms with Crippen molar-refractivity contribution in [1.29, 1.82) is 0 Å². The first-order valence-corrected chi connectivity index (χ1v) is 6.70. The van der Waals surface area contributed by atoms with Crippen LogP contribution in [0.1, 0.15) is 12.0 Å². The molecule has 0 radical (unpaired) electrons. The second-order valence-corrected chi connectivity index (χ2v) is 4.78. The number of aromatic nitrogens is 1. The summed E-state index contributed by atoms with van der Waals surface area (Å²) < 4.78 is 5.19. The van der Waals surface area contributed by atoms with Gasteiger partial charge in [0.25, 0.3) is 0 Å². The quantitative estimate of drug-likeness (QED) is 0.795. The average molecular weight is 285 g/mol. The van der Waals surface area contributed by atoms with Crippen LogP contribution in [0.15, 0.2) is 18.3 Å². The molecule has 2 heterocycles. The van der Waals surface area contributed by atoms with Crippen molar-refractivity contribution < 1.29 is 4.74 Å². The van der Waals surface area contributed by atoms with Crippen LogP contribution in [-0.2, 0) is 10.1 Å². The number of anilines is 1. The summed E-state index contributed by atoms with van der Waals surface area (Å²) in [5.74, 6) is 1.74. The number of hydrogen-bond donors (Lipinski definition) is 0. The number of alkyl halides is 1. The number of rotatable bonds is 4. The zero-order valence-electron chi connectivity index (χ0n) is 9.53. The van der Waals surface area contributed by atoms with Crippen LogP contribution >= 0.6 is 15.9 Å². The Morgan fingerprint density at radius 3 is 3.06 bits per heavy atom. The molecule has 1 fully saturated rings. The summed E-state index contributed by atoms with van der Waals surface area (Å²) in [6, 6.07) is 4.23. The summed E-state index contributed by atoms with van der Waals surface area (Å²) in [4.78, 5) is 6.82. The van der Waals surface area contributed by atoms with Crippen LogP contribution in [0.3, 0.4) is 0 Å². The molecule has 1 aliphatic rings. The predicted molar refractivity (Wildman–Crippen MR) is 69.1 cm³/mol. The SMILES string of the molecule is COCC1CCN(c2ccc(CBr)cn2)C1. The van der Waals surface area contributed by atoms with E-state index in [0.29, 0.717) is 5.92 Å². The van der Waals surface area contributed by atoms with E-state index in [-0.39, 0.29) is 0 Å². The zero-order valence-corrected chi connectivity index (χ0v) is 11.1. The molecule has 0 saturated carbocycles. The summed E-state index contributed by atoms with van der Waals surface area (Å²) in [6.45, 7) is 3.01. The summed E-state index contributed by atoms with van der Waals surface area (Å²) in [6.07, 6.45) is 3.14. The second kappa shape index (κ2) is 5.64. The normalized spacial score (nSPS) is 20.4. The van der Waals surface area contributed by atoms with Crippen LogP contribution in [0.2, 0.25) is 0 Å². The molecule has 3 nitrogen and oxygen atoms in total. The topological polar surface area (TPSA) is 25.4 Å². The molecular formula is C12H17BrN2O. The van der Waals surface area contributed by atoms with Crippen molar-refractivity contribution in [3.63, 3.8) is 0 Å². The lowest BCUT2D eigenvalue weighted by atomic mass is 10.1. The molecule has 0 amide bonds. The number of methoxy groups -OCH3 is 1. The van der Waals surface area contributed by atoms with Crippen LogP contribution in [-0.4, -0.2) is 31.8 Å². The third-order valence-corrected chi connectivity index (χ3v) is 3.62. The smallest absolute Gasteiger partial charge is 0.128 e. The number of pyridine rings is 1. The minimum absolute atomic E-state index is 0.655. The van der Waals surface area contributed by atoms with Crippen molar-refractivity contribution in [2.24, 2.45) is 5.92 Å². The van der Waals surface area contributed by atoms with Crippen LogP contribution in [0.4, 0.5) is 5.82 Å². The molecule has 2 rings (SSSR count). The molecule has 0 N–H and O–H groups in total. The molecule has 0 aliphatic carbocycles. The van der Waals surface area contributed by atoms with Gasteiger partial charge < -0.3 is 9.64 Å². The Labute approximate surface area is 105 Å². The van der Waals surface area contributed by atoms with Crippen molar-refractivity contribution >= 4 is 21.7 Å². The first-order valence-electron chi connectivity index (χ1n) is 5.58. The van der Waals surface area contributed by atoms with Crippen molar-refractivity contribution in [2.75, 3.05) is 31.7 Å². The predicted octanol–water partition coefficient (Wildman–Crippen LogP) is 2.45. The molecule has 0 aromatic carbocycles. The Balaban J connectivity index is 1.97. The Bertz CT molecular complexity index is 328. The van der Waals surface area contributed by atoms with Crippen LogP contribution < -0.4 is 4.90 Å². The molecule has 1 unspecified atom stereocenters. The largest absolute Gasteiger partial charge is 0.384 e. The van der Waals surface area contributed by atoms with Gasteiger partial charge in [-0.25, -0.2) is 4.98 Å². The summed E-state index contributed by atoms with van der Waals surface area (Å²) in [7, 11) is 1.77. The van der Waals surface area contributed by atoms with Gasteiger partial charge in [-0.1, -0.05) is 22.0 Å². The van der Waals surface area contributed by atoms with Gasteiger partial charge in [-0.2, -0.15) is 0 Å². The highest BCUT2D eigenvalue weighted by Crippen LogP contribution is 2.22. The maximum absolute atomic E-state index is 5.19. The Morgan fingerprint density at radius 1 is 1.56 bits per heavy atom. The van der Waals surface area contributed by atoms with Crippen LogP contribution in [0, 0.1) is 5.92 Å². The van der Waals surface area contributed by atoms with Gasteiger partial charge in [-0.3, -0.25) is 0 Å². The molecule has 4 heteroatoms. The van der Waals surface area contributed by atoms with Gasteiger partial charge in [0.05, 0.1) is 6.61 Å². The third-order valence-electron chi connectivity index (χ3n) is 2.98. The number of halogens is 1. The van der Waals surface area contributed by atoms with Crippen molar-refractivity contribution in [1.82, 2.24) is 4.98 Å². The molecule has 0 bridgehead atoms. The van der Waals surface area contributed by atoms with Crippen molar-refractivity contribution in [3.8, 4) is 0 Å². The van der Waals surface area contributed by atoms with Crippen molar-refractivity contribution in [3.05, 3.63) is 23.9 Å². The minimum Gasteiger partial charge on any atom is -0.384 e. The fourth-order valence-corrected chi connectivity index (χ4v) is 2.43. The van der Waals surface area contributed by atoms with E-state index in [1.165, 1.54) is 12.0 Å². The van der Waals surface area contributed by atoms with Crippen LogP contribution in [0.5, 0.6) is 0 Å². The monoisotopic (exact) mass is 284 g/mol. The molecule has 16 heavy (non-hydrogen) atoms. The highest BCUT2D eigenvalue weighted by Gasteiger charge is 2.22. The van der Waals surface area contributed by atoms with Gasteiger partial charge in [0.15, 0.2) is 0 Å². The van der Waals surface area contributed by atoms with E-state index in [0.717, 1.165) is 30.8 Å². The molecule has 1 aromatic heterocycles. The fourth-order valence-electron chi connectivity index (χ4n) is 2.10. The first-order chi connectivity index (χ1) is 7.83. The van der Waals surface area contributed by atoms with Gasteiger partial charge in [0, 0.05) is 37.6 Å². The van der Waals surface area contributed by atoms with E-state index in [1.54, 1.807) is 7.11 Å². The van der Waals surface area contributed by atoms with Gasteiger partial charge in [0.2, 0.25) is 0 Å². The number of nitrogens with zero attached hydrogens (tertiary/aromatic N) is 2. The van der Waals surface area contributed by atoms with Gasteiger partial charge in [-0.05, 0) is 18.1 Å². The van der Waals surface area contributed by atoms with E-state index in [4.69, 9.17) is 4.74 Å². The lowest BCUT2D eigenvalue weighted by Crippen LogP contribution is -2.21. The minimum atomic E-state index is 0.655. The van der Waals surface area contributed by atoms with Gasteiger partial charge in [-0.15, -0.1) is 0 Å². The molecule has 1 saturated heterocycles. The number of ether oxygens (including phenoxy) is 1. The molecule has 0 spiro atoms. The van der Waals surface area contributed by atoms with Gasteiger partial charge in [0.1, 0.15) is 5.82 Å². The summed E-state index contributed by atoms with van der Waals surface area (Å²) in [5, 5.41) is 0.868. The molecule has 1 aromatic rings. The molecular weight excluding hydrogens is 268 g/mol. The van der Waals surface area contributed by atoms with Crippen LogP contribution in [0.25, 0.3) is 0 Å². The Morgan fingerprint density at radius 2 is 2.44 bits per heavy atom. The molecule has 88 valence electrons. The zero-order chi connectivity index (χ0) is 11.4. The average Bonchev–Trinajstić information content (AvgIpc) is 2.78. The van der Waals surface area contributed by atoms with E-state index in [2.05, 4.69) is 37.9 Å². The van der Waals surface area contributed by atoms with E-state index in [9.17, 15) is 0 Å². The summed E-state index contributed by atoms with van der Waals surface area (Å²) >= 11 is 3.43. The van der Waals surface area contributed by atoms with E-state index < -0.39 is 0 Å². The maximum Gasteiger partial charge on any atom is 0.128 e. The standard InChI is InChI=1S/C12H17BrN2O/c1-16-9-11-4-5-15(8-11)12-3-2-10(6-13)7-14-12/h2-3,7,11H,4-6,8-9H2,1H3. The van der Waals surface area contributed by atoms with Crippen molar-refractivity contribution in [2.45, 2.75) is 11.8 Å². The summed E-state index contributed by atoms with van der Waals surface area (Å²) in [5.41, 5.74) is 1.22. The second-order valence-electron chi connectivity index (χ2n) is 4.21. The van der Waals surface area contributed by atoms with E-state index >= 15 is 0 Å². The Hall–Kier alpha value is -0.610. The highest BCUT2D eigenvalue weighted by atomic mass is 79.9. The Kier molecular flexibility index (Phi) is 4.18. The van der Waals surface area contributed by atoms with Gasteiger partial charge >= 0.3 is 0 Å². The maximum atomic E-state index is 5.19. The third kappa shape index (κ3) is 2.74. The highest BCUT2D eigenvalue weighted by molar-refractivity contribution is 9.08.